The van der Waals surface area contributed by atoms with Crippen molar-refractivity contribution in [3.63, 3.8) is 0 Å². The normalized spacial score (nSPS) is 17.0. The zero-order valence-corrected chi connectivity index (χ0v) is 13.2. The van der Waals surface area contributed by atoms with Gasteiger partial charge in [0.2, 0.25) is 5.91 Å². The van der Waals surface area contributed by atoms with E-state index in [2.05, 4.69) is 15.7 Å². The number of rotatable bonds is 3. The Bertz CT molecular complexity index is 760. The van der Waals surface area contributed by atoms with Crippen molar-refractivity contribution in [3.05, 3.63) is 42.1 Å². The van der Waals surface area contributed by atoms with Crippen LogP contribution in [-0.4, -0.2) is 39.3 Å². The summed E-state index contributed by atoms with van der Waals surface area (Å²) in [6, 6.07) is 7.88. The number of urea groups is 1. The molecule has 126 valence electrons. The van der Waals surface area contributed by atoms with E-state index in [1.54, 1.807) is 25.3 Å². The number of nitrogens with one attached hydrogen (secondary N) is 2. The molecule has 3 rings (SSSR count). The molecule has 1 aliphatic rings. The van der Waals surface area contributed by atoms with Crippen LogP contribution >= 0.6 is 0 Å². The number of fused-ring (bicyclic) bond motifs is 1. The van der Waals surface area contributed by atoms with Gasteiger partial charge in [0.15, 0.2) is 5.82 Å². The van der Waals surface area contributed by atoms with Crippen molar-refractivity contribution in [1.82, 2.24) is 14.7 Å². The van der Waals surface area contributed by atoms with Gasteiger partial charge in [-0.05, 0) is 18.6 Å². The molecule has 7 nitrogen and oxygen atoms in total. The van der Waals surface area contributed by atoms with Crippen molar-refractivity contribution >= 4 is 23.4 Å². The number of alkyl halides is 1. The number of nitrogens with zero attached hydrogens (tertiary/aromatic N) is 3. The standard InChI is InChI=1S/C16H18FN5O2/c1-11-15(23)18-13-5-3-2-4-12(13)10-22(11)16(24)19-14-6-8-21(20-14)9-7-17/h2-6,8,11H,7,9-10H2,1H3,(H,18,23)(H,19,20,24). The SMILES string of the molecule is CC1C(=O)Nc2ccccc2CN1C(=O)Nc1ccn(CCF)n1. The number of hydrogen-bond donors (Lipinski definition) is 2. The van der Waals surface area contributed by atoms with Crippen LogP contribution in [0.15, 0.2) is 36.5 Å². The van der Waals surface area contributed by atoms with E-state index < -0.39 is 18.7 Å². The minimum Gasteiger partial charge on any atom is -0.324 e. The van der Waals surface area contributed by atoms with E-state index in [1.807, 2.05) is 18.2 Å². The fraction of sp³-hybridized carbons (Fsp3) is 0.312. The number of aryl methyl sites for hydroxylation is 1. The summed E-state index contributed by atoms with van der Waals surface area (Å²) in [6.07, 6.45) is 1.59. The molecule has 1 atom stereocenters. The molecule has 8 heteroatoms. The molecule has 0 saturated heterocycles. The maximum atomic E-state index is 12.6. The predicted octanol–water partition coefficient (Wildman–Crippen LogP) is 2.23. The lowest BCUT2D eigenvalue weighted by Crippen LogP contribution is -2.45. The molecule has 0 fully saturated rings. The molecule has 1 aromatic carbocycles. The lowest BCUT2D eigenvalue weighted by Gasteiger charge is -2.25. The quantitative estimate of drug-likeness (QED) is 0.905. The Morgan fingerprint density at radius 3 is 3.00 bits per heavy atom. The molecule has 1 aromatic heterocycles. The maximum Gasteiger partial charge on any atom is 0.324 e. The summed E-state index contributed by atoms with van der Waals surface area (Å²) in [5, 5.41) is 9.54. The second-order valence-electron chi connectivity index (χ2n) is 5.53. The Balaban J connectivity index is 1.78. The predicted molar refractivity (Wildman–Crippen MR) is 87.3 cm³/mol. The van der Waals surface area contributed by atoms with Crippen molar-refractivity contribution in [2.45, 2.75) is 26.1 Å². The van der Waals surface area contributed by atoms with E-state index in [0.29, 0.717) is 18.1 Å². The Hall–Kier alpha value is -2.90. The lowest BCUT2D eigenvalue weighted by molar-refractivity contribution is -0.119. The van der Waals surface area contributed by atoms with E-state index in [1.165, 1.54) is 9.58 Å². The first-order chi connectivity index (χ1) is 11.6. The van der Waals surface area contributed by atoms with Crippen molar-refractivity contribution in [2.24, 2.45) is 0 Å². The highest BCUT2D eigenvalue weighted by molar-refractivity contribution is 6.00. The number of halogens is 1. The molecule has 3 amide bonds. The third-order valence-electron chi connectivity index (χ3n) is 3.91. The third kappa shape index (κ3) is 3.22. The van der Waals surface area contributed by atoms with E-state index in [9.17, 15) is 14.0 Å². The summed E-state index contributed by atoms with van der Waals surface area (Å²) in [5.41, 5.74) is 1.56. The molecule has 0 spiro atoms. The van der Waals surface area contributed by atoms with Gasteiger partial charge in [-0.15, -0.1) is 0 Å². The van der Waals surface area contributed by atoms with Gasteiger partial charge in [0, 0.05) is 18.0 Å². The summed E-state index contributed by atoms with van der Waals surface area (Å²) >= 11 is 0. The van der Waals surface area contributed by atoms with Gasteiger partial charge in [0.1, 0.15) is 12.7 Å². The van der Waals surface area contributed by atoms with Crippen LogP contribution in [0.25, 0.3) is 0 Å². The molecule has 0 saturated carbocycles. The number of para-hydroxylation sites is 1. The van der Waals surface area contributed by atoms with Crippen molar-refractivity contribution in [2.75, 3.05) is 17.3 Å². The molecule has 0 bridgehead atoms. The monoisotopic (exact) mass is 331 g/mol. The van der Waals surface area contributed by atoms with E-state index >= 15 is 0 Å². The Morgan fingerprint density at radius 2 is 2.21 bits per heavy atom. The average molecular weight is 331 g/mol. The van der Waals surface area contributed by atoms with Crippen molar-refractivity contribution in [1.29, 1.82) is 0 Å². The molecule has 0 aliphatic carbocycles. The minimum atomic E-state index is -0.634. The van der Waals surface area contributed by atoms with Crippen LogP contribution in [-0.2, 0) is 17.9 Å². The first-order valence-electron chi connectivity index (χ1n) is 7.64. The molecule has 2 N–H and O–H groups in total. The molecule has 24 heavy (non-hydrogen) atoms. The number of hydrogen-bond acceptors (Lipinski definition) is 3. The Kier molecular flexibility index (Phi) is 4.45. The number of benzene rings is 1. The molecular formula is C16H18FN5O2. The van der Waals surface area contributed by atoms with Gasteiger partial charge in [0.05, 0.1) is 13.1 Å². The summed E-state index contributed by atoms with van der Waals surface area (Å²) in [4.78, 5) is 26.2. The van der Waals surface area contributed by atoms with Gasteiger partial charge in [-0.25, -0.2) is 9.18 Å². The number of carbonyl (C=O) groups is 2. The first kappa shape index (κ1) is 16.0. The van der Waals surface area contributed by atoms with Gasteiger partial charge in [-0.1, -0.05) is 18.2 Å². The molecule has 2 heterocycles. The smallest absolute Gasteiger partial charge is 0.324 e. The highest BCUT2D eigenvalue weighted by Gasteiger charge is 2.30. The average Bonchev–Trinajstić information content (AvgIpc) is 2.95. The topological polar surface area (TPSA) is 79.3 Å². The van der Waals surface area contributed by atoms with Crippen LogP contribution in [0.3, 0.4) is 0 Å². The largest absolute Gasteiger partial charge is 0.324 e. The van der Waals surface area contributed by atoms with Crippen LogP contribution in [0.4, 0.5) is 20.7 Å². The van der Waals surface area contributed by atoms with Gasteiger partial charge in [0.25, 0.3) is 0 Å². The molecule has 2 aromatic rings. The van der Waals surface area contributed by atoms with Crippen LogP contribution in [0.2, 0.25) is 0 Å². The van der Waals surface area contributed by atoms with E-state index in [-0.39, 0.29) is 12.5 Å². The lowest BCUT2D eigenvalue weighted by atomic mass is 10.2. The first-order valence-corrected chi connectivity index (χ1v) is 7.64. The van der Waals surface area contributed by atoms with Crippen molar-refractivity contribution in [3.8, 4) is 0 Å². The highest BCUT2D eigenvalue weighted by atomic mass is 19.1. The Labute approximate surface area is 138 Å². The second-order valence-corrected chi connectivity index (χ2v) is 5.53. The minimum absolute atomic E-state index is 0.131. The van der Waals surface area contributed by atoms with Gasteiger partial charge in [-0.3, -0.25) is 14.8 Å². The van der Waals surface area contributed by atoms with Gasteiger partial charge in [-0.2, -0.15) is 5.10 Å². The number of aromatic nitrogens is 2. The number of amides is 3. The summed E-state index contributed by atoms with van der Waals surface area (Å²) in [5.74, 6) is 0.0663. The van der Waals surface area contributed by atoms with E-state index in [0.717, 1.165) is 5.56 Å². The second kappa shape index (κ2) is 6.69. The highest BCUT2D eigenvalue weighted by Crippen LogP contribution is 2.23. The van der Waals surface area contributed by atoms with Crippen LogP contribution in [0.5, 0.6) is 0 Å². The maximum absolute atomic E-state index is 12.6. The van der Waals surface area contributed by atoms with Crippen molar-refractivity contribution < 1.29 is 14.0 Å². The fourth-order valence-electron chi connectivity index (χ4n) is 2.55. The fourth-order valence-corrected chi connectivity index (χ4v) is 2.55. The van der Waals surface area contributed by atoms with Crippen LogP contribution < -0.4 is 10.6 Å². The summed E-state index contributed by atoms with van der Waals surface area (Å²) in [6.45, 7) is 1.57. The van der Waals surface area contributed by atoms with Crippen LogP contribution in [0.1, 0.15) is 12.5 Å². The third-order valence-corrected chi connectivity index (χ3v) is 3.91. The summed E-state index contributed by atoms with van der Waals surface area (Å²) in [7, 11) is 0. The number of carbonyl (C=O) groups excluding carboxylic acids is 2. The van der Waals surface area contributed by atoms with Crippen LogP contribution in [0, 0.1) is 0 Å². The number of anilines is 2. The van der Waals surface area contributed by atoms with Gasteiger partial charge >= 0.3 is 6.03 Å². The molecule has 1 unspecified atom stereocenters. The van der Waals surface area contributed by atoms with Gasteiger partial charge < -0.3 is 10.2 Å². The zero-order valence-electron chi connectivity index (χ0n) is 13.2. The summed E-state index contributed by atoms with van der Waals surface area (Å²) < 4.78 is 13.7. The Morgan fingerprint density at radius 1 is 1.42 bits per heavy atom. The molecule has 1 aliphatic heterocycles. The van der Waals surface area contributed by atoms with E-state index in [4.69, 9.17) is 0 Å². The zero-order chi connectivity index (χ0) is 17.1. The molecule has 0 radical (unpaired) electrons. The molecular weight excluding hydrogens is 313 g/mol.